The first-order valence-electron chi connectivity index (χ1n) is 4.65. The van der Waals surface area contributed by atoms with Crippen molar-refractivity contribution < 1.29 is 0 Å². The van der Waals surface area contributed by atoms with Gasteiger partial charge in [0.15, 0.2) is 0 Å². The van der Waals surface area contributed by atoms with Gasteiger partial charge in [0.1, 0.15) is 0 Å². The Morgan fingerprint density at radius 3 is 2.77 bits per heavy atom. The van der Waals surface area contributed by atoms with E-state index in [0.29, 0.717) is 0 Å². The second-order valence-electron chi connectivity index (χ2n) is 3.94. The lowest BCUT2D eigenvalue weighted by molar-refractivity contribution is 0.461. The molecule has 0 aliphatic heterocycles. The molecule has 3 N–H and O–H groups in total. The third kappa shape index (κ3) is 2.86. The van der Waals surface area contributed by atoms with Gasteiger partial charge in [-0.3, -0.25) is 0 Å². The first-order valence-corrected chi connectivity index (χ1v) is 4.65. The summed E-state index contributed by atoms with van der Waals surface area (Å²) in [7, 11) is 1.94. The van der Waals surface area contributed by atoms with Gasteiger partial charge in [0, 0.05) is 31.0 Å². The van der Waals surface area contributed by atoms with Crippen LogP contribution in [0.15, 0.2) is 18.5 Å². The number of rotatable bonds is 5. The molecule has 3 nitrogen and oxygen atoms in total. The molecular weight excluding hydrogens is 162 g/mol. The highest BCUT2D eigenvalue weighted by atomic mass is 15.0. The van der Waals surface area contributed by atoms with Crippen molar-refractivity contribution >= 4 is 0 Å². The highest BCUT2D eigenvalue weighted by Crippen LogP contribution is 2.20. The molecule has 0 unspecified atom stereocenters. The minimum Gasteiger partial charge on any atom is -0.367 e. The predicted octanol–water partition coefficient (Wildman–Crippen LogP) is 1.06. The molecule has 0 radical (unpaired) electrons. The van der Waals surface area contributed by atoms with E-state index in [-0.39, 0.29) is 5.41 Å². The highest BCUT2D eigenvalue weighted by Gasteiger charge is 2.19. The van der Waals surface area contributed by atoms with E-state index in [9.17, 15) is 0 Å². The smallest absolute Gasteiger partial charge is 0.0452 e. The van der Waals surface area contributed by atoms with Crippen molar-refractivity contribution in [3.05, 3.63) is 24.0 Å². The largest absolute Gasteiger partial charge is 0.367 e. The Labute approximate surface area is 79.9 Å². The average Bonchev–Trinajstić information content (AvgIpc) is 2.56. The summed E-state index contributed by atoms with van der Waals surface area (Å²) in [4.78, 5) is 3.08. The van der Waals surface area contributed by atoms with Crippen molar-refractivity contribution in [2.24, 2.45) is 0 Å². The van der Waals surface area contributed by atoms with Crippen molar-refractivity contribution in [2.75, 3.05) is 20.3 Å². The van der Waals surface area contributed by atoms with Crippen LogP contribution >= 0.6 is 0 Å². The molecule has 13 heavy (non-hydrogen) atoms. The van der Waals surface area contributed by atoms with E-state index in [1.807, 2.05) is 13.2 Å². The molecule has 0 atom stereocenters. The number of hydrogen-bond acceptors (Lipinski definition) is 2. The van der Waals surface area contributed by atoms with Crippen molar-refractivity contribution in [1.82, 2.24) is 15.6 Å². The van der Waals surface area contributed by atoms with Crippen molar-refractivity contribution in [3.8, 4) is 0 Å². The molecule has 0 aliphatic carbocycles. The molecule has 1 aromatic heterocycles. The molecule has 0 spiro atoms. The summed E-state index contributed by atoms with van der Waals surface area (Å²) in [6.07, 6.45) is 4.02. The van der Waals surface area contributed by atoms with Crippen LogP contribution in [-0.4, -0.2) is 25.2 Å². The molecule has 1 aromatic rings. The van der Waals surface area contributed by atoms with Crippen LogP contribution in [0.2, 0.25) is 0 Å². The topological polar surface area (TPSA) is 39.8 Å². The van der Waals surface area contributed by atoms with Gasteiger partial charge >= 0.3 is 0 Å². The van der Waals surface area contributed by atoms with E-state index < -0.39 is 0 Å². The lowest BCUT2D eigenvalue weighted by atomic mass is 9.86. The van der Waals surface area contributed by atoms with E-state index >= 15 is 0 Å². The zero-order valence-electron chi connectivity index (χ0n) is 8.65. The number of H-pyrrole nitrogens is 1. The molecule has 0 aromatic carbocycles. The molecule has 0 fully saturated rings. The number of aromatic nitrogens is 1. The summed E-state index contributed by atoms with van der Waals surface area (Å²) in [6, 6.07) is 2.13. The Kier molecular flexibility index (Phi) is 3.51. The minimum absolute atomic E-state index is 0.191. The summed E-state index contributed by atoms with van der Waals surface area (Å²) >= 11 is 0. The van der Waals surface area contributed by atoms with Gasteiger partial charge in [-0.25, -0.2) is 0 Å². The van der Waals surface area contributed by atoms with Crippen LogP contribution in [0.5, 0.6) is 0 Å². The van der Waals surface area contributed by atoms with E-state index in [4.69, 9.17) is 0 Å². The first-order chi connectivity index (χ1) is 6.17. The third-order valence-electron chi connectivity index (χ3n) is 2.25. The van der Waals surface area contributed by atoms with Gasteiger partial charge in [-0.05, 0) is 18.7 Å². The van der Waals surface area contributed by atoms with Crippen LogP contribution in [0.25, 0.3) is 0 Å². The van der Waals surface area contributed by atoms with Crippen LogP contribution in [0, 0.1) is 0 Å². The Balaban J connectivity index is 2.46. The predicted molar refractivity (Wildman–Crippen MR) is 55.7 cm³/mol. The lowest BCUT2D eigenvalue weighted by Crippen LogP contribution is -2.36. The van der Waals surface area contributed by atoms with Crippen molar-refractivity contribution in [2.45, 2.75) is 19.3 Å². The minimum atomic E-state index is 0.191. The van der Waals surface area contributed by atoms with Crippen LogP contribution in [-0.2, 0) is 5.41 Å². The van der Waals surface area contributed by atoms with Gasteiger partial charge in [-0.15, -0.1) is 0 Å². The second kappa shape index (κ2) is 4.44. The molecule has 1 heterocycles. The Morgan fingerprint density at radius 1 is 1.46 bits per heavy atom. The van der Waals surface area contributed by atoms with Crippen molar-refractivity contribution in [3.63, 3.8) is 0 Å². The van der Waals surface area contributed by atoms with E-state index in [1.54, 1.807) is 0 Å². The van der Waals surface area contributed by atoms with E-state index in [2.05, 4.69) is 41.7 Å². The van der Waals surface area contributed by atoms with Crippen molar-refractivity contribution in [1.29, 1.82) is 0 Å². The van der Waals surface area contributed by atoms with Crippen LogP contribution in [0.4, 0.5) is 0 Å². The van der Waals surface area contributed by atoms with Crippen LogP contribution < -0.4 is 10.6 Å². The van der Waals surface area contributed by atoms with Gasteiger partial charge in [0.2, 0.25) is 0 Å². The number of hydrogen-bond donors (Lipinski definition) is 3. The summed E-state index contributed by atoms with van der Waals surface area (Å²) in [5.74, 6) is 0. The molecule has 0 saturated carbocycles. The zero-order chi connectivity index (χ0) is 9.73. The maximum atomic E-state index is 3.34. The summed E-state index contributed by atoms with van der Waals surface area (Å²) in [5.41, 5.74) is 1.53. The summed E-state index contributed by atoms with van der Waals surface area (Å²) in [6.45, 7) is 6.30. The molecule has 1 rings (SSSR count). The zero-order valence-corrected chi connectivity index (χ0v) is 8.65. The van der Waals surface area contributed by atoms with E-state index in [1.165, 1.54) is 5.56 Å². The number of nitrogens with one attached hydrogen (secondary N) is 3. The molecule has 0 amide bonds. The fraction of sp³-hybridized carbons (Fsp3) is 0.600. The Morgan fingerprint density at radius 2 is 2.23 bits per heavy atom. The normalized spacial score (nSPS) is 11.9. The van der Waals surface area contributed by atoms with Gasteiger partial charge in [0.25, 0.3) is 0 Å². The van der Waals surface area contributed by atoms with Gasteiger partial charge < -0.3 is 15.6 Å². The summed E-state index contributed by atoms with van der Waals surface area (Å²) < 4.78 is 0. The maximum Gasteiger partial charge on any atom is 0.0452 e. The standard InChI is InChI=1S/C10H19N3/c1-10(2,7-13-8-11-3)9-4-5-12-6-9/h4-6,11-13H,7-8H2,1-3H3. The van der Waals surface area contributed by atoms with Crippen LogP contribution in [0.3, 0.4) is 0 Å². The van der Waals surface area contributed by atoms with Gasteiger partial charge in [-0.1, -0.05) is 13.8 Å². The van der Waals surface area contributed by atoms with Gasteiger partial charge in [0.05, 0.1) is 0 Å². The third-order valence-corrected chi connectivity index (χ3v) is 2.25. The quantitative estimate of drug-likeness (QED) is 0.469. The van der Waals surface area contributed by atoms with E-state index in [0.717, 1.165) is 13.2 Å². The average molecular weight is 181 g/mol. The SMILES string of the molecule is CNCNCC(C)(C)c1cc[nH]c1. The summed E-state index contributed by atoms with van der Waals surface area (Å²) in [5, 5.41) is 6.41. The van der Waals surface area contributed by atoms with Gasteiger partial charge in [-0.2, -0.15) is 0 Å². The molecule has 0 aliphatic rings. The molecule has 3 heteroatoms. The molecular formula is C10H19N3. The Hall–Kier alpha value is -0.800. The number of aromatic amines is 1. The molecule has 0 saturated heterocycles. The first kappa shape index (κ1) is 10.3. The maximum absolute atomic E-state index is 3.34. The monoisotopic (exact) mass is 181 g/mol. The molecule has 74 valence electrons. The molecule has 0 bridgehead atoms. The fourth-order valence-electron chi connectivity index (χ4n) is 1.35. The van der Waals surface area contributed by atoms with Crippen LogP contribution in [0.1, 0.15) is 19.4 Å². The Bertz CT molecular complexity index is 226. The fourth-order valence-corrected chi connectivity index (χ4v) is 1.35. The highest BCUT2D eigenvalue weighted by molar-refractivity contribution is 5.20. The lowest BCUT2D eigenvalue weighted by Gasteiger charge is -2.24. The second-order valence-corrected chi connectivity index (χ2v) is 3.94.